The number of nitrogens with zero attached hydrogens (tertiary/aromatic N) is 6. The number of benzene rings is 2. The molecule has 11 nitrogen and oxygen atoms in total. The van der Waals surface area contributed by atoms with E-state index >= 15 is 22.0 Å². The number of nitrogen functional groups attached to an aromatic ring is 2. The van der Waals surface area contributed by atoms with Crippen LogP contribution in [0.2, 0.25) is 0 Å². The molecule has 3 aliphatic rings. The van der Waals surface area contributed by atoms with Crippen molar-refractivity contribution in [3.63, 3.8) is 0 Å². The van der Waals surface area contributed by atoms with Crippen LogP contribution in [0, 0.1) is 28.4 Å². The van der Waals surface area contributed by atoms with Gasteiger partial charge in [-0.05, 0) is 51.3 Å². The Bertz CT molecular complexity index is 2370. The molecular formula is C38H37F5N8O3S. The standard InChI is InChI=1S/C38H37F5N8O3S/c1-18-14-52-15-19(2)51(18)16-37(8-9-37)17-54-36-48-30-27-31(53-12-11-50(35(27)49-36)20(3)21-5-4-10-47-33(21)45)28(38(41,42)43)26(29(30)40)22-6-7-24(39)32-25(22)23(13-44)34(46)55-32/h4-7,10,18-20H,8-9,11-12,14-17,46H2,1-3H3,(H2,45,47)/t18-,19+,20-/m1/s1. The zero-order chi connectivity index (χ0) is 39.0. The lowest BCUT2D eigenvalue weighted by molar-refractivity contribution is -0.138. The van der Waals surface area contributed by atoms with Gasteiger partial charge in [-0.2, -0.15) is 28.4 Å². The van der Waals surface area contributed by atoms with Gasteiger partial charge in [-0.1, -0.05) is 12.1 Å². The minimum atomic E-state index is -5.21. The van der Waals surface area contributed by atoms with E-state index in [4.69, 9.17) is 30.7 Å². The number of nitrogens with two attached hydrogens (primary N) is 2. The first-order valence-electron chi connectivity index (χ1n) is 17.8. The van der Waals surface area contributed by atoms with Gasteiger partial charge in [0.2, 0.25) is 0 Å². The number of aromatic nitrogens is 3. The van der Waals surface area contributed by atoms with Crippen LogP contribution in [0.4, 0.5) is 38.6 Å². The number of pyridine rings is 1. The molecule has 3 atom stereocenters. The highest BCUT2D eigenvalue weighted by Crippen LogP contribution is 2.54. The summed E-state index contributed by atoms with van der Waals surface area (Å²) in [5.74, 6) is -2.76. The van der Waals surface area contributed by atoms with Crippen LogP contribution in [-0.2, 0) is 10.9 Å². The van der Waals surface area contributed by atoms with Crippen LogP contribution in [0.1, 0.15) is 56.3 Å². The Labute approximate surface area is 316 Å². The normalized spacial score (nSPS) is 20.2. The number of ether oxygens (including phenoxy) is 3. The van der Waals surface area contributed by atoms with Gasteiger partial charge >= 0.3 is 12.2 Å². The summed E-state index contributed by atoms with van der Waals surface area (Å²) >= 11 is 0.688. The van der Waals surface area contributed by atoms with Gasteiger partial charge in [-0.3, -0.25) is 4.90 Å². The quantitative estimate of drug-likeness (QED) is 0.151. The van der Waals surface area contributed by atoms with E-state index < -0.39 is 51.8 Å². The number of alkyl halides is 3. The first-order chi connectivity index (χ1) is 26.2. The summed E-state index contributed by atoms with van der Waals surface area (Å²) in [5.41, 5.74) is 9.02. The zero-order valence-electron chi connectivity index (χ0n) is 30.1. The van der Waals surface area contributed by atoms with Crippen molar-refractivity contribution in [1.82, 2.24) is 19.9 Å². The number of anilines is 3. The Hall–Kier alpha value is -5.05. The largest absolute Gasteiger partial charge is 0.490 e. The van der Waals surface area contributed by atoms with E-state index in [1.54, 1.807) is 24.0 Å². The second kappa shape index (κ2) is 13.6. The molecule has 0 spiro atoms. The van der Waals surface area contributed by atoms with Gasteiger partial charge in [0.05, 0.1) is 48.1 Å². The van der Waals surface area contributed by atoms with Gasteiger partial charge in [-0.25, -0.2) is 13.8 Å². The summed E-state index contributed by atoms with van der Waals surface area (Å²) in [6.45, 7) is 7.84. The summed E-state index contributed by atoms with van der Waals surface area (Å²) in [7, 11) is 0. The van der Waals surface area contributed by atoms with Crippen LogP contribution in [0.25, 0.3) is 32.1 Å². The molecule has 8 rings (SSSR count). The summed E-state index contributed by atoms with van der Waals surface area (Å²) in [5, 5.41) is 9.27. The smallest absolute Gasteiger partial charge is 0.420 e. The maximum absolute atomic E-state index is 17.5. The fourth-order valence-electron chi connectivity index (χ4n) is 7.87. The van der Waals surface area contributed by atoms with Crippen molar-refractivity contribution in [3.05, 3.63) is 58.8 Å². The van der Waals surface area contributed by atoms with Crippen molar-refractivity contribution < 1.29 is 36.2 Å². The maximum atomic E-state index is 17.5. The fraction of sp³-hybridized carbons (Fsp3) is 0.421. The van der Waals surface area contributed by atoms with E-state index in [0.29, 0.717) is 30.1 Å². The third-order valence-corrected chi connectivity index (χ3v) is 12.0. The number of hydrogen-bond donors (Lipinski definition) is 2. The van der Waals surface area contributed by atoms with E-state index in [-0.39, 0.29) is 80.9 Å². The van der Waals surface area contributed by atoms with Crippen molar-refractivity contribution in [1.29, 1.82) is 5.26 Å². The topological polar surface area (TPSA) is 149 Å². The van der Waals surface area contributed by atoms with E-state index in [0.717, 1.165) is 31.5 Å². The molecule has 17 heteroatoms. The molecule has 1 saturated carbocycles. The van der Waals surface area contributed by atoms with Gasteiger partial charge < -0.3 is 30.6 Å². The SMILES string of the molecule is C[C@H](c1cccnc1N)N1CCOc2c(C(F)(F)F)c(-c3ccc(F)c4sc(N)c(C#N)c34)c(F)c3nc(OCC4(CN5[C@H](C)COC[C@@H]5C)CC4)nc1c23. The third-order valence-electron chi connectivity index (χ3n) is 11.0. The molecule has 0 amide bonds. The number of hydrogen-bond acceptors (Lipinski definition) is 12. The highest BCUT2D eigenvalue weighted by molar-refractivity contribution is 7.23. The van der Waals surface area contributed by atoms with Crippen LogP contribution in [0.15, 0.2) is 30.5 Å². The highest BCUT2D eigenvalue weighted by atomic mass is 32.1. The monoisotopic (exact) mass is 780 g/mol. The highest BCUT2D eigenvalue weighted by Gasteiger charge is 2.48. The molecule has 0 unspecified atom stereocenters. The Morgan fingerprint density at radius 2 is 1.85 bits per heavy atom. The van der Waals surface area contributed by atoms with Crippen LogP contribution >= 0.6 is 11.3 Å². The van der Waals surface area contributed by atoms with Crippen molar-refractivity contribution in [2.75, 3.05) is 55.9 Å². The molecule has 4 N–H and O–H groups in total. The van der Waals surface area contributed by atoms with Gasteiger partial charge in [0.15, 0.2) is 5.82 Å². The molecule has 1 saturated heterocycles. The van der Waals surface area contributed by atoms with E-state index in [1.807, 2.05) is 6.07 Å². The molecule has 288 valence electrons. The van der Waals surface area contributed by atoms with Crippen molar-refractivity contribution in [2.45, 2.75) is 57.9 Å². The second-order valence-electron chi connectivity index (χ2n) is 14.6. The van der Waals surface area contributed by atoms with E-state index in [2.05, 4.69) is 28.7 Å². The summed E-state index contributed by atoms with van der Waals surface area (Å²) in [6.07, 6.45) is -1.96. The predicted molar refractivity (Wildman–Crippen MR) is 198 cm³/mol. The summed E-state index contributed by atoms with van der Waals surface area (Å²) in [6, 6.07) is 6.73. The van der Waals surface area contributed by atoms with Crippen LogP contribution < -0.4 is 25.8 Å². The maximum Gasteiger partial charge on any atom is 0.420 e. The van der Waals surface area contributed by atoms with E-state index in [1.165, 1.54) is 6.20 Å². The zero-order valence-corrected chi connectivity index (χ0v) is 31.0. The Morgan fingerprint density at radius 1 is 1.11 bits per heavy atom. The lowest BCUT2D eigenvalue weighted by Gasteiger charge is -2.40. The first kappa shape index (κ1) is 36.9. The van der Waals surface area contributed by atoms with Gasteiger partial charge in [-0.15, -0.1) is 11.3 Å². The van der Waals surface area contributed by atoms with E-state index in [9.17, 15) is 5.26 Å². The molecular weight excluding hydrogens is 744 g/mol. The number of nitriles is 1. The number of fused-ring (bicyclic) bond motifs is 1. The average Bonchev–Trinajstić information content (AvgIpc) is 3.87. The molecule has 2 aliphatic heterocycles. The molecule has 55 heavy (non-hydrogen) atoms. The first-order valence-corrected chi connectivity index (χ1v) is 18.7. The molecule has 5 heterocycles. The van der Waals surface area contributed by atoms with Crippen LogP contribution in [0.5, 0.6) is 11.8 Å². The molecule has 2 aromatic carbocycles. The van der Waals surface area contributed by atoms with Crippen molar-refractivity contribution in [2.24, 2.45) is 5.41 Å². The third kappa shape index (κ3) is 6.29. The lowest BCUT2D eigenvalue weighted by atomic mass is 9.91. The Balaban J connectivity index is 1.35. The number of halogens is 5. The number of morpholine rings is 1. The molecule has 2 fully saturated rings. The minimum Gasteiger partial charge on any atom is -0.490 e. The van der Waals surface area contributed by atoms with Crippen LogP contribution in [0.3, 0.4) is 0 Å². The van der Waals surface area contributed by atoms with Gasteiger partial charge in [0.25, 0.3) is 0 Å². The molecule has 0 radical (unpaired) electrons. The molecule has 1 aliphatic carbocycles. The summed E-state index contributed by atoms with van der Waals surface area (Å²) < 4.78 is 96.8. The molecule has 3 aromatic heterocycles. The Kier molecular flexibility index (Phi) is 9.13. The van der Waals surface area contributed by atoms with Crippen molar-refractivity contribution >= 4 is 49.0 Å². The minimum absolute atomic E-state index is 0.0150. The lowest BCUT2D eigenvalue weighted by Crippen LogP contribution is -2.52. The molecule has 5 aromatic rings. The predicted octanol–water partition coefficient (Wildman–Crippen LogP) is 7.47. The number of thiophene rings is 1. The number of rotatable bonds is 8. The summed E-state index contributed by atoms with van der Waals surface area (Å²) in [4.78, 5) is 17.4. The van der Waals surface area contributed by atoms with Gasteiger partial charge in [0, 0.05) is 46.8 Å². The Morgan fingerprint density at radius 3 is 2.53 bits per heavy atom. The average molecular weight is 781 g/mol. The second-order valence-corrected chi connectivity index (χ2v) is 15.6. The fourth-order valence-corrected chi connectivity index (χ4v) is 8.82. The van der Waals surface area contributed by atoms with Gasteiger partial charge in [0.1, 0.15) is 52.0 Å². The molecule has 0 bridgehead atoms. The van der Waals surface area contributed by atoms with Crippen LogP contribution in [-0.4, -0.2) is 71.5 Å². The van der Waals surface area contributed by atoms with Crippen molar-refractivity contribution in [3.8, 4) is 29.0 Å².